The van der Waals surface area contributed by atoms with Crippen molar-refractivity contribution < 1.29 is 101 Å². The predicted molar refractivity (Wildman–Crippen MR) is 436 cm³/mol. The number of rotatable bonds is 79. The molecule has 0 aromatic carbocycles. The second-order valence-corrected chi connectivity index (χ2v) is 29.5. The number of carbonyl (C=O) groups is 10. The maximum absolute atomic E-state index is 12.1. The van der Waals surface area contributed by atoms with E-state index in [4.69, 9.17) is 43.0 Å². The van der Waals surface area contributed by atoms with Crippen molar-refractivity contribution in [2.24, 2.45) is 0 Å². The minimum Gasteiger partial charge on any atom is -0.478 e. The predicted octanol–water partition coefficient (Wildman–Crippen LogP) is 22.3. The molecule has 0 fully saturated rings. The summed E-state index contributed by atoms with van der Waals surface area (Å²) in [4.78, 5) is 117. The fraction of sp³-hybridized carbons (Fsp3) is 0.843. The third-order valence-corrected chi connectivity index (χ3v) is 18.8. The minimum atomic E-state index is -1.29. The van der Waals surface area contributed by atoms with Gasteiger partial charge in [-0.25, -0.2) is 14.4 Å². The summed E-state index contributed by atoms with van der Waals surface area (Å²) in [5, 5.41) is 18.5. The van der Waals surface area contributed by atoms with E-state index in [1.165, 1.54) is 231 Å². The first-order valence-electron chi connectivity index (χ1n) is 44.2. The highest BCUT2D eigenvalue weighted by atomic mass is 16.6. The molecule has 2 N–H and O–H groups in total. The van der Waals surface area contributed by atoms with E-state index in [2.05, 4.69) is 46.3 Å². The fourth-order valence-corrected chi connectivity index (χ4v) is 12.0. The average molecular weight is 1570 g/mol. The van der Waals surface area contributed by atoms with E-state index in [1.54, 1.807) is 0 Å². The van der Waals surface area contributed by atoms with Gasteiger partial charge in [0.05, 0.1) is 6.08 Å². The van der Waals surface area contributed by atoms with Crippen molar-refractivity contribution in [3.63, 3.8) is 0 Å². The molecule has 0 saturated carbocycles. The first-order chi connectivity index (χ1) is 53.5. The summed E-state index contributed by atoms with van der Waals surface area (Å²) in [5.74, 6) is -5.12. The average Bonchev–Trinajstić information content (AvgIpc) is 0.946. The van der Waals surface area contributed by atoms with Crippen LogP contribution in [-0.4, -0.2) is 128 Å². The second kappa shape index (κ2) is 88.7. The van der Waals surface area contributed by atoms with E-state index >= 15 is 0 Å². The molecule has 0 radical (unpaired) electrons. The molecule has 0 aromatic heterocycles. The molecule has 0 saturated heterocycles. The minimum absolute atomic E-state index is 0.110. The van der Waals surface area contributed by atoms with Crippen molar-refractivity contribution in [2.45, 2.75) is 445 Å². The Hall–Kier alpha value is -5.86. The van der Waals surface area contributed by atoms with Crippen LogP contribution in [-0.2, 0) is 90.6 Å². The monoisotopic (exact) mass is 1570 g/mol. The van der Waals surface area contributed by atoms with Gasteiger partial charge in [0.25, 0.3) is 6.47 Å². The van der Waals surface area contributed by atoms with Crippen molar-refractivity contribution in [1.29, 1.82) is 0 Å². The van der Waals surface area contributed by atoms with Crippen molar-refractivity contribution >= 4 is 60.2 Å². The molecule has 0 aliphatic heterocycles. The Morgan fingerprint density at radius 2 is 0.436 bits per heavy atom. The Balaban J connectivity index is -0.00000157. The van der Waals surface area contributed by atoms with Crippen molar-refractivity contribution in [3.8, 4) is 0 Å². The van der Waals surface area contributed by atoms with Gasteiger partial charge in [-0.3, -0.25) is 33.6 Å². The van der Waals surface area contributed by atoms with Gasteiger partial charge in [0.2, 0.25) is 0 Å². The standard InChI is InChI=1S/2C31H54O8.C27H52O5/c1-3-5-7-9-11-13-15-17-19-21-29(33)37-25-28(39-31(35)23-24-36-27-32)26-38-30(34)22-20-18-16-14-12-10-8-6-4-2;1-3-5-7-9-11-13-15-17-19-21-29(34)37-25-27(39-31(36)24-23-28(32)33)26-38-30(35)22-20-18-16-14-12-10-8-6-4-2;1-3-5-7-9-11-13-15-17-19-21-26(29)31-23-25(28)24-32-27(30)22-20-18-16-14-12-10-8-6-4-2/h23-24,27-28H,3-22,25-26H2,1-2H3;23-24,27H,3-22,25-26H2,1-2H3,(H,32,33);25,28H,3-24H2,1-2H3/b24-23-;24-23+;. The molecule has 0 aromatic rings. The quantitative estimate of drug-likeness (QED) is 0.0143. The highest BCUT2D eigenvalue weighted by Crippen LogP contribution is 2.18. The summed E-state index contributed by atoms with van der Waals surface area (Å²) in [6, 6.07) is 0. The number of ether oxygens (including phenoxy) is 9. The Morgan fingerprint density at radius 3 is 0.627 bits per heavy atom. The van der Waals surface area contributed by atoms with Crippen LogP contribution in [0.3, 0.4) is 0 Å². The maximum Gasteiger partial charge on any atom is 0.334 e. The summed E-state index contributed by atoms with van der Waals surface area (Å²) in [6.45, 7) is 12.3. The Bertz CT molecular complexity index is 2100. The summed E-state index contributed by atoms with van der Waals surface area (Å²) >= 11 is 0. The van der Waals surface area contributed by atoms with Crippen LogP contribution in [0, 0.1) is 0 Å². The van der Waals surface area contributed by atoms with Crippen LogP contribution in [0.1, 0.15) is 427 Å². The highest BCUT2D eigenvalue weighted by Gasteiger charge is 2.21. The first kappa shape index (κ1) is 108. The van der Waals surface area contributed by atoms with Crippen LogP contribution in [0.5, 0.6) is 0 Å². The van der Waals surface area contributed by atoms with Crippen LogP contribution < -0.4 is 0 Å². The third-order valence-electron chi connectivity index (χ3n) is 18.8. The molecule has 0 unspecified atom stereocenters. The van der Waals surface area contributed by atoms with Gasteiger partial charge in [-0.05, 0) is 38.5 Å². The third kappa shape index (κ3) is 89.3. The SMILES string of the molecule is CCCCCCCCCCCC(=O)OCC(COC(=O)CCCCCCCCCCC)OC(=O)/C=C/C(=O)O.CCCCCCCCCCCC(=O)OCC(COC(=O)CCCCCCCCCCC)OC(=O)/C=C\OC=O.CCCCCCCCCCCC(=O)OCC(O)COC(=O)CCCCCCCCCCC. The number of aliphatic hydroxyl groups excluding tert-OH is 1. The summed E-state index contributed by atoms with van der Waals surface area (Å²) in [5.41, 5.74) is 0. The highest BCUT2D eigenvalue weighted by molar-refractivity contribution is 5.90. The van der Waals surface area contributed by atoms with Gasteiger partial charge in [0, 0.05) is 50.7 Å². The van der Waals surface area contributed by atoms with Crippen molar-refractivity contribution in [3.05, 3.63) is 24.5 Å². The van der Waals surface area contributed by atoms with E-state index in [9.17, 15) is 53.1 Å². The molecule has 0 aliphatic carbocycles. The van der Waals surface area contributed by atoms with Gasteiger partial charge in [0.15, 0.2) is 12.2 Å². The molecule has 0 amide bonds. The number of unbranched alkanes of at least 4 members (excludes halogenated alkanes) is 48. The summed E-state index contributed by atoms with van der Waals surface area (Å²) < 4.78 is 45.9. The zero-order valence-corrected chi connectivity index (χ0v) is 70.4. The van der Waals surface area contributed by atoms with Gasteiger partial charge < -0.3 is 52.8 Å². The normalized spacial score (nSPS) is 11.1. The van der Waals surface area contributed by atoms with Crippen LogP contribution in [0.4, 0.5) is 0 Å². The topological polar surface area (TPSA) is 294 Å². The van der Waals surface area contributed by atoms with Gasteiger partial charge in [-0.15, -0.1) is 0 Å². The fourth-order valence-electron chi connectivity index (χ4n) is 12.0. The Morgan fingerprint density at radius 1 is 0.255 bits per heavy atom. The number of hydrogen-bond donors (Lipinski definition) is 2. The van der Waals surface area contributed by atoms with Crippen LogP contribution >= 0.6 is 0 Å². The number of carbonyl (C=O) groups excluding carboxylic acids is 9. The van der Waals surface area contributed by atoms with E-state index in [1.807, 2.05) is 0 Å². The largest absolute Gasteiger partial charge is 0.478 e. The van der Waals surface area contributed by atoms with E-state index in [0.717, 1.165) is 134 Å². The molecule has 0 bridgehead atoms. The summed E-state index contributed by atoms with van der Waals surface area (Å²) in [7, 11) is 0. The molecular formula is C89H160O21. The maximum atomic E-state index is 12.1. The molecular weight excluding hydrogens is 1400 g/mol. The van der Waals surface area contributed by atoms with E-state index in [-0.39, 0.29) is 82.8 Å². The van der Waals surface area contributed by atoms with Crippen LogP contribution in [0.2, 0.25) is 0 Å². The smallest absolute Gasteiger partial charge is 0.334 e. The summed E-state index contributed by atoms with van der Waals surface area (Å²) in [6.07, 6.45) is 65.1. The zero-order chi connectivity index (χ0) is 81.5. The van der Waals surface area contributed by atoms with Gasteiger partial charge in [0.1, 0.15) is 52.0 Å². The molecule has 0 atom stereocenters. The van der Waals surface area contributed by atoms with Gasteiger partial charge in [-0.2, -0.15) is 0 Å². The van der Waals surface area contributed by atoms with Gasteiger partial charge in [-0.1, -0.05) is 350 Å². The zero-order valence-electron chi connectivity index (χ0n) is 70.4. The van der Waals surface area contributed by atoms with E-state index < -0.39 is 48.2 Å². The lowest BCUT2D eigenvalue weighted by atomic mass is 10.1. The number of carboxylic acid groups (broad SMARTS) is 1. The molecule has 0 aliphatic rings. The lowest BCUT2D eigenvalue weighted by molar-refractivity contribution is -0.164. The Labute approximate surface area is 667 Å². The van der Waals surface area contributed by atoms with E-state index in [0.29, 0.717) is 31.8 Å². The Kier molecular flexibility index (Phi) is 87.3. The number of aliphatic carboxylic acids is 1. The molecule has 642 valence electrons. The molecule has 110 heavy (non-hydrogen) atoms. The van der Waals surface area contributed by atoms with Gasteiger partial charge >= 0.3 is 53.7 Å². The van der Waals surface area contributed by atoms with Crippen LogP contribution in [0.15, 0.2) is 24.5 Å². The first-order valence-corrected chi connectivity index (χ1v) is 44.2. The number of carboxylic acids is 1. The molecule has 0 spiro atoms. The molecule has 21 heteroatoms. The van der Waals surface area contributed by atoms with Crippen molar-refractivity contribution in [2.75, 3.05) is 39.6 Å². The lowest BCUT2D eigenvalue weighted by Crippen LogP contribution is -2.30. The number of aliphatic hydroxyl groups is 1. The molecule has 0 rings (SSSR count). The number of esters is 8. The van der Waals surface area contributed by atoms with Crippen molar-refractivity contribution in [1.82, 2.24) is 0 Å². The second-order valence-electron chi connectivity index (χ2n) is 29.5. The lowest BCUT2D eigenvalue weighted by Gasteiger charge is -2.17. The van der Waals surface area contributed by atoms with Crippen LogP contribution in [0.25, 0.3) is 0 Å². The number of hydrogen-bond acceptors (Lipinski definition) is 20. The molecule has 21 nitrogen and oxygen atoms in total. The molecule has 0 heterocycles.